The number of guanidine groups is 1. The smallest absolute Gasteiger partial charge is 0.197 e. The SMILES string of the molecule is Cc1cccc(NC(=N)Nc2ccc3cccc4c3c2C=C4)c1C. The molecule has 0 heterocycles. The Morgan fingerprint density at radius 3 is 2.50 bits per heavy atom. The Morgan fingerprint density at radius 2 is 1.62 bits per heavy atom. The van der Waals surface area contributed by atoms with E-state index in [4.69, 9.17) is 5.41 Å². The van der Waals surface area contributed by atoms with E-state index in [0.717, 1.165) is 22.5 Å². The molecule has 0 amide bonds. The number of rotatable bonds is 2. The van der Waals surface area contributed by atoms with Gasteiger partial charge in [-0.25, -0.2) is 0 Å². The minimum Gasteiger partial charge on any atom is -0.326 e. The highest BCUT2D eigenvalue weighted by Crippen LogP contribution is 2.35. The number of anilines is 2. The molecule has 4 rings (SSSR count). The molecule has 3 aromatic carbocycles. The average Bonchev–Trinajstić information content (AvgIpc) is 3.01. The maximum atomic E-state index is 8.28. The normalized spacial score (nSPS) is 11.8. The largest absolute Gasteiger partial charge is 0.326 e. The third-order valence-electron chi connectivity index (χ3n) is 4.67. The summed E-state index contributed by atoms with van der Waals surface area (Å²) in [6.07, 6.45) is 4.25. The van der Waals surface area contributed by atoms with Crippen molar-refractivity contribution in [2.24, 2.45) is 0 Å². The van der Waals surface area contributed by atoms with E-state index in [0.29, 0.717) is 0 Å². The zero-order chi connectivity index (χ0) is 16.7. The maximum Gasteiger partial charge on any atom is 0.197 e. The Bertz CT molecular complexity index is 999. The lowest BCUT2D eigenvalue weighted by molar-refractivity contribution is 1.33. The number of benzene rings is 3. The van der Waals surface area contributed by atoms with Crippen LogP contribution < -0.4 is 10.6 Å². The molecule has 0 atom stereocenters. The van der Waals surface area contributed by atoms with E-state index < -0.39 is 0 Å². The minimum atomic E-state index is 0.275. The van der Waals surface area contributed by atoms with Crippen LogP contribution in [0, 0.1) is 19.3 Å². The van der Waals surface area contributed by atoms with Gasteiger partial charge in [-0.05, 0) is 53.4 Å². The highest BCUT2D eigenvalue weighted by atomic mass is 15.1. The van der Waals surface area contributed by atoms with Crippen LogP contribution in [0.3, 0.4) is 0 Å². The molecule has 24 heavy (non-hydrogen) atoms. The van der Waals surface area contributed by atoms with Gasteiger partial charge in [-0.15, -0.1) is 0 Å². The standard InChI is InChI=1S/C21H19N3/c1-13-5-3-8-18(14(13)2)23-21(22)24-19-12-10-16-7-4-6-15-9-11-17(19)20(15)16/h3-12H,1-2H3,(H3,22,23,24). The van der Waals surface area contributed by atoms with E-state index >= 15 is 0 Å². The molecule has 3 nitrogen and oxygen atoms in total. The summed E-state index contributed by atoms with van der Waals surface area (Å²) in [6.45, 7) is 4.14. The van der Waals surface area contributed by atoms with E-state index in [-0.39, 0.29) is 5.96 Å². The zero-order valence-electron chi connectivity index (χ0n) is 13.8. The highest BCUT2D eigenvalue weighted by molar-refractivity contribution is 6.11. The first-order valence-corrected chi connectivity index (χ1v) is 8.06. The second-order valence-electron chi connectivity index (χ2n) is 6.18. The Kier molecular flexibility index (Phi) is 3.35. The van der Waals surface area contributed by atoms with E-state index in [2.05, 4.69) is 67.0 Å². The van der Waals surface area contributed by atoms with Crippen LogP contribution in [0.25, 0.3) is 22.9 Å². The van der Waals surface area contributed by atoms with Gasteiger partial charge in [0, 0.05) is 16.9 Å². The molecule has 0 aliphatic heterocycles. The highest BCUT2D eigenvalue weighted by Gasteiger charge is 2.13. The van der Waals surface area contributed by atoms with Gasteiger partial charge in [-0.3, -0.25) is 5.41 Å². The molecule has 0 bridgehead atoms. The summed E-state index contributed by atoms with van der Waals surface area (Å²) in [4.78, 5) is 0. The third-order valence-corrected chi connectivity index (χ3v) is 4.67. The first-order chi connectivity index (χ1) is 11.6. The van der Waals surface area contributed by atoms with Crippen molar-refractivity contribution in [1.82, 2.24) is 0 Å². The van der Waals surface area contributed by atoms with Gasteiger partial charge in [0.05, 0.1) is 0 Å². The average molecular weight is 313 g/mol. The van der Waals surface area contributed by atoms with Crippen molar-refractivity contribution in [2.45, 2.75) is 13.8 Å². The summed E-state index contributed by atoms with van der Waals surface area (Å²) >= 11 is 0. The van der Waals surface area contributed by atoms with Crippen molar-refractivity contribution in [3.63, 3.8) is 0 Å². The number of hydrogen-bond donors (Lipinski definition) is 3. The first-order valence-electron chi connectivity index (χ1n) is 8.06. The number of nitrogens with one attached hydrogen (secondary N) is 3. The lowest BCUT2D eigenvalue weighted by atomic mass is 10.0. The molecule has 1 aliphatic rings. The van der Waals surface area contributed by atoms with Crippen molar-refractivity contribution < 1.29 is 0 Å². The molecule has 0 saturated carbocycles. The van der Waals surface area contributed by atoms with Gasteiger partial charge in [0.2, 0.25) is 0 Å². The van der Waals surface area contributed by atoms with Gasteiger partial charge in [0.1, 0.15) is 0 Å². The van der Waals surface area contributed by atoms with Crippen LogP contribution in [0.4, 0.5) is 11.4 Å². The molecular formula is C21H19N3. The van der Waals surface area contributed by atoms with Gasteiger partial charge in [-0.1, -0.05) is 48.6 Å². The van der Waals surface area contributed by atoms with Gasteiger partial charge >= 0.3 is 0 Å². The monoisotopic (exact) mass is 313 g/mol. The fourth-order valence-corrected chi connectivity index (χ4v) is 3.22. The summed E-state index contributed by atoms with van der Waals surface area (Å²) < 4.78 is 0. The van der Waals surface area contributed by atoms with Crippen LogP contribution in [0.15, 0.2) is 48.5 Å². The molecule has 0 spiro atoms. The maximum absolute atomic E-state index is 8.28. The topological polar surface area (TPSA) is 47.9 Å². The van der Waals surface area contributed by atoms with Crippen LogP contribution in [-0.4, -0.2) is 5.96 Å². The molecule has 1 aliphatic carbocycles. The Hall–Kier alpha value is -3.07. The fourth-order valence-electron chi connectivity index (χ4n) is 3.22. The molecule has 0 aromatic heterocycles. The molecular weight excluding hydrogens is 294 g/mol. The molecule has 0 radical (unpaired) electrons. The fraction of sp³-hybridized carbons (Fsp3) is 0.0952. The van der Waals surface area contributed by atoms with Crippen LogP contribution in [0.1, 0.15) is 22.3 Å². The third kappa shape index (κ3) is 2.35. The van der Waals surface area contributed by atoms with Crippen LogP contribution >= 0.6 is 0 Å². The molecule has 3 aromatic rings. The predicted octanol–water partition coefficient (Wildman–Crippen LogP) is 5.40. The molecule has 0 saturated heterocycles. The van der Waals surface area contributed by atoms with E-state index in [1.807, 2.05) is 18.2 Å². The zero-order valence-corrected chi connectivity index (χ0v) is 13.8. The summed E-state index contributed by atoms with van der Waals surface area (Å²) in [5, 5.41) is 17.1. The molecule has 118 valence electrons. The second kappa shape index (κ2) is 5.53. The minimum absolute atomic E-state index is 0.275. The van der Waals surface area contributed by atoms with Crippen LogP contribution in [-0.2, 0) is 0 Å². The van der Waals surface area contributed by atoms with E-state index in [1.54, 1.807) is 0 Å². The lowest BCUT2D eigenvalue weighted by Gasteiger charge is -2.15. The van der Waals surface area contributed by atoms with Gasteiger partial charge in [-0.2, -0.15) is 0 Å². The summed E-state index contributed by atoms with van der Waals surface area (Å²) in [7, 11) is 0. The molecule has 0 unspecified atom stereocenters. The van der Waals surface area contributed by atoms with E-state index in [9.17, 15) is 0 Å². The molecule has 3 heteroatoms. The van der Waals surface area contributed by atoms with Crippen molar-refractivity contribution in [3.05, 3.63) is 70.8 Å². The van der Waals surface area contributed by atoms with Crippen molar-refractivity contribution in [3.8, 4) is 0 Å². The second-order valence-corrected chi connectivity index (χ2v) is 6.18. The predicted molar refractivity (Wildman–Crippen MR) is 104 cm³/mol. The molecule has 3 N–H and O–H groups in total. The Morgan fingerprint density at radius 1 is 0.833 bits per heavy atom. The van der Waals surface area contributed by atoms with Crippen molar-refractivity contribution in [1.29, 1.82) is 5.41 Å². The van der Waals surface area contributed by atoms with Crippen LogP contribution in [0.2, 0.25) is 0 Å². The Labute approximate surface area is 141 Å². The summed E-state index contributed by atoms with van der Waals surface area (Å²) in [5.74, 6) is 0.275. The number of aryl methyl sites for hydroxylation is 1. The van der Waals surface area contributed by atoms with Gasteiger partial charge in [0.25, 0.3) is 0 Å². The van der Waals surface area contributed by atoms with Crippen LogP contribution in [0.5, 0.6) is 0 Å². The summed E-state index contributed by atoms with van der Waals surface area (Å²) in [6, 6.07) is 16.5. The molecule has 0 fully saturated rings. The summed E-state index contributed by atoms with van der Waals surface area (Å²) in [5.41, 5.74) is 6.67. The van der Waals surface area contributed by atoms with Gasteiger partial charge < -0.3 is 10.6 Å². The van der Waals surface area contributed by atoms with E-state index in [1.165, 1.54) is 21.9 Å². The first kappa shape index (κ1) is 14.5. The quantitative estimate of drug-likeness (QED) is 0.343. The van der Waals surface area contributed by atoms with Crippen molar-refractivity contribution in [2.75, 3.05) is 10.6 Å². The number of hydrogen-bond acceptors (Lipinski definition) is 1. The Balaban J connectivity index is 1.63. The van der Waals surface area contributed by atoms with Gasteiger partial charge in [0.15, 0.2) is 5.96 Å². The lowest BCUT2D eigenvalue weighted by Crippen LogP contribution is -2.21. The van der Waals surface area contributed by atoms with Crippen molar-refractivity contribution >= 4 is 40.3 Å².